The van der Waals surface area contributed by atoms with Gasteiger partial charge in [-0.2, -0.15) is 0 Å². The predicted molar refractivity (Wildman–Crippen MR) is 76.5 cm³/mol. The molecule has 0 saturated carbocycles. The number of rotatable bonds is 6. The zero-order valence-corrected chi connectivity index (χ0v) is 11.9. The van der Waals surface area contributed by atoms with E-state index in [0.717, 1.165) is 12.0 Å². The first kappa shape index (κ1) is 15.1. The van der Waals surface area contributed by atoms with Crippen molar-refractivity contribution in [1.29, 1.82) is 0 Å². The molecule has 1 aromatic rings. The first-order chi connectivity index (χ1) is 9.12. The van der Waals surface area contributed by atoms with Crippen LogP contribution in [0.15, 0.2) is 24.3 Å². The highest BCUT2D eigenvalue weighted by Gasteiger charge is 2.07. The molecule has 0 bridgehead atoms. The first-order valence-electron chi connectivity index (χ1n) is 6.31. The fourth-order valence-corrected chi connectivity index (χ4v) is 1.60. The van der Waals surface area contributed by atoms with Gasteiger partial charge in [0.15, 0.2) is 0 Å². The molecule has 0 unspecified atom stereocenters. The SMILES string of the molecule is CC[C@@H](C)NC(=O)/C=C/c1c(OC)cccc1OC. The molecule has 0 aliphatic heterocycles. The predicted octanol–water partition coefficient (Wildman–Crippen LogP) is 2.63. The van der Waals surface area contributed by atoms with Crippen molar-refractivity contribution >= 4 is 12.0 Å². The normalized spacial score (nSPS) is 12.2. The van der Waals surface area contributed by atoms with Gasteiger partial charge >= 0.3 is 0 Å². The van der Waals surface area contributed by atoms with Crippen LogP contribution < -0.4 is 14.8 Å². The molecule has 4 heteroatoms. The van der Waals surface area contributed by atoms with Crippen LogP contribution in [-0.4, -0.2) is 26.2 Å². The summed E-state index contributed by atoms with van der Waals surface area (Å²) >= 11 is 0. The van der Waals surface area contributed by atoms with Crippen LogP contribution in [0, 0.1) is 0 Å². The second-order valence-corrected chi connectivity index (χ2v) is 4.23. The van der Waals surface area contributed by atoms with E-state index in [-0.39, 0.29) is 11.9 Å². The Hall–Kier alpha value is -1.97. The third kappa shape index (κ3) is 4.32. The molecule has 0 radical (unpaired) electrons. The molecular formula is C15H21NO3. The minimum Gasteiger partial charge on any atom is -0.496 e. The molecule has 1 atom stereocenters. The van der Waals surface area contributed by atoms with E-state index in [1.807, 2.05) is 32.0 Å². The highest BCUT2D eigenvalue weighted by atomic mass is 16.5. The molecule has 4 nitrogen and oxygen atoms in total. The summed E-state index contributed by atoms with van der Waals surface area (Å²) in [5.74, 6) is 1.22. The number of carbonyl (C=O) groups excluding carboxylic acids is 1. The van der Waals surface area contributed by atoms with Crippen molar-refractivity contribution in [2.75, 3.05) is 14.2 Å². The molecule has 1 amide bonds. The first-order valence-corrected chi connectivity index (χ1v) is 6.31. The molecule has 0 heterocycles. The molecule has 1 N–H and O–H groups in total. The maximum Gasteiger partial charge on any atom is 0.244 e. The van der Waals surface area contributed by atoms with Gasteiger partial charge in [-0.05, 0) is 31.6 Å². The molecule has 0 aromatic heterocycles. The number of amides is 1. The molecule has 0 fully saturated rings. The van der Waals surface area contributed by atoms with E-state index in [9.17, 15) is 4.79 Å². The summed E-state index contributed by atoms with van der Waals surface area (Å²) in [7, 11) is 3.18. The maximum atomic E-state index is 11.7. The summed E-state index contributed by atoms with van der Waals surface area (Å²) in [6, 6.07) is 5.66. The van der Waals surface area contributed by atoms with Gasteiger partial charge in [0.2, 0.25) is 5.91 Å². The standard InChI is InChI=1S/C15H21NO3/c1-5-11(2)16-15(17)10-9-12-13(18-3)7-6-8-14(12)19-4/h6-11H,5H2,1-4H3,(H,16,17)/b10-9+/t11-/m1/s1. The Labute approximate surface area is 114 Å². The molecule has 0 aliphatic carbocycles. The lowest BCUT2D eigenvalue weighted by Gasteiger charge is -2.10. The average Bonchev–Trinajstić information content (AvgIpc) is 2.44. The highest BCUT2D eigenvalue weighted by Crippen LogP contribution is 2.29. The smallest absolute Gasteiger partial charge is 0.244 e. The Morgan fingerprint density at radius 3 is 2.37 bits per heavy atom. The van der Waals surface area contributed by atoms with Gasteiger partial charge in [-0.15, -0.1) is 0 Å². The molecule has 0 saturated heterocycles. The van der Waals surface area contributed by atoms with Gasteiger partial charge in [-0.25, -0.2) is 0 Å². The summed E-state index contributed by atoms with van der Waals surface area (Å²) < 4.78 is 10.5. The van der Waals surface area contributed by atoms with Gasteiger partial charge in [0.05, 0.1) is 19.8 Å². The third-order valence-corrected chi connectivity index (χ3v) is 2.87. The Kier molecular flexibility index (Phi) is 5.93. The van der Waals surface area contributed by atoms with E-state index in [1.165, 1.54) is 6.08 Å². The van der Waals surface area contributed by atoms with E-state index >= 15 is 0 Å². The average molecular weight is 263 g/mol. The molecule has 104 valence electrons. The second-order valence-electron chi connectivity index (χ2n) is 4.23. The van der Waals surface area contributed by atoms with Crippen LogP contribution in [0.25, 0.3) is 6.08 Å². The van der Waals surface area contributed by atoms with Gasteiger partial charge in [0.1, 0.15) is 11.5 Å². The lowest BCUT2D eigenvalue weighted by atomic mass is 10.1. The van der Waals surface area contributed by atoms with Crippen molar-refractivity contribution < 1.29 is 14.3 Å². The zero-order valence-electron chi connectivity index (χ0n) is 11.9. The Morgan fingerprint density at radius 2 is 1.89 bits per heavy atom. The topological polar surface area (TPSA) is 47.6 Å². The summed E-state index contributed by atoms with van der Waals surface area (Å²) in [6.07, 6.45) is 4.10. The zero-order chi connectivity index (χ0) is 14.3. The minimum absolute atomic E-state index is 0.123. The van der Waals surface area contributed by atoms with E-state index < -0.39 is 0 Å². The number of hydrogen-bond acceptors (Lipinski definition) is 3. The quantitative estimate of drug-likeness (QED) is 0.803. The third-order valence-electron chi connectivity index (χ3n) is 2.87. The Morgan fingerprint density at radius 1 is 1.32 bits per heavy atom. The molecule has 1 rings (SSSR count). The van der Waals surface area contributed by atoms with Crippen LogP contribution in [0.2, 0.25) is 0 Å². The summed E-state index contributed by atoms with van der Waals surface area (Å²) in [6.45, 7) is 3.99. The van der Waals surface area contributed by atoms with Gasteiger partial charge in [-0.3, -0.25) is 4.79 Å². The van der Waals surface area contributed by atoms with Crippen LogP contribution in [-0.2, 0) is 4.79 Å². The summed E-state index contributed by atoms with van der Waals surface area (Å²) in [5.41, 5.74) is 0.756. The van der Waals surface area contributed by atoms with Gasteiger partial charge < -0.3 is 14.8 Å². The summed E-state index contributed by atoms with van der Waals surface area (Å²) in [4.78, 5) is 11.7. The Bertz CT molecular complexity index is 432. The molecule has 0 spiro atoms. The van der Waals surface area contributed by atoms with E-state index in [4.69, 9.17) is 9.47 Å². The van der Waals surface area contributed by atoms with E-state index in [2.05, 4.69) is 5.32 Å². The second kappa shape index (κ2) is 7.46. The van der Waals surface area contributed by atoms with Crippen LogP contribution in [0.1, 0.15) is 25.8 Å². The number of nitrogens with one attached hydrogen (secondary N) is 1. The van der Waals surface area contributed by atoms with Crippen molar-refractivity contribution in [2.45, 2.75) is 26.3 Å². The van der Waals surface area contributed by atoms with Crippen LogP contribution >= 0.6 is 0 Å². The molecule has 0 aliphatic rings. The van der Waals surface area contributed by atoms with Gasteiger partial charge in [-0.1, -0.05) is 13.0 Å². The van der Waals surface area contributed by atoms with Crippen LogP contribution in [0.4, 0.5) is 0 Å². The van der Waals surface area contributed by atoms with E-state index in [1.54, 1.807) is 20.3 Å². The Balaban J connectivity index is 2.88. The molecule has 1 aromatic carbocycles. The van der Waals surface area contributed by atoms with Crippen molar-refractivity contribution in [3.05, 3.63) is 29.8 Å². The van der Waals surface area contributed by atoms with Crippen molar-refractivity contribution in [3.8, 4) is 11.5 Å². The maximum absolute atomic E-state index is 11.7. The minimum atomic E-state index is -0.123. The number of methoxy groups -OCH3 is 2. The largest absolute Gasteiger partial charge is 0.496 e. The number of carbonyl (C=O) groups is 1. The fourth-order valence-electron chi connectivity index (χ4n) is 1.60. The number of ether oxygens (including phenoxy) is 2. The monoisotopic (exact) mass is 263 g/mol. The number of hydrogen-bond donors (Lipinski definition) is 1. The van der Waals surface area contributed by atoms with Crippen molar-refractivity contribution in [1.82, 2.24) is 5.32 Å². The van der Waals surface area contributed by atoms with Crippen molar-refractivity contribution in [2.24, 2.45) is 0 Å². The van der Waals surface area contributed by atoms with Gasteiger partial charge in [0.25, 0.3) is 0 Å². The van der Waals surface area contributed by atoms with Crippen LogP contribution in [0.5, 0.6) is 11.5 Å². The van der Waals surface area contributed by atoms with E-state index in [0.29, 0.717) is 11.5 Å². The van der Waals surface area contributed by atoms with Crippen LogP contribution in [0.3, 0.4) is 0 Å². The lowest BCUT2D eigenvalue weighted by Crippen LogP contribution is -2.30. The molecular weight excluding hydrogens is 242 g/mol. The van der Waals surface area contributed by atoms with Gasteiger partial charge in [0, 0.05) is 12.1 Å². The fraction of sp³-hybridized carbons (Fsp3) is 0.400. The molecule has 19 heavy (non-hydrogen) atoms. The van der Waals surface area contributed by atoms with Crippen molar-refractivity contribution in [3.63, 3.8) is 0 Å². The summed E-state index contributed by atoms with van der Waals surface area (Å²) in [5, 5.41) is 2.87. The number of benzene rings is 1. The lowest BCUT2D eigenvalue weighted by molar-refractivity contribution is -0.117. The highest BCUT2D eigenvalue weighted by molar-refractivity contribution is 5.92.